The van der Waals surface area contributed by atoms with Crippen molar-refractivity contribution >= 4 is 17.0 Å². The molecule has 0 fully saturated rings. The van der Waals surface area contributed by atoms with Gasteiger partial charge in [-0.15, -0.1) is 11.3 Å². The Bertz CT molecular complexity index is 814. The molecule has 0 aliphatic carbocycles. The predicted octanol–water partition coefficient (Wildman–Crippen LogP) is 4.09. The molecular formula is C15H11N3O2S. The summed E-state index contributed by atoms with van der Waals surface area (Å²) < 4.78 is 0. The van der Waals surface area contributed by atoms with E-state index in [0.29, 0.717) is 11.3 Å². The van der Waals surface area contributed by atoms with Crippen molar-refractivity contribution in [3.05, 3.63) is 63.8 Å². The van der Waals surface area contributed by atoms with Gasteiger partial charge >= 0.3 is 0 Å². The van der Waals surface area contributed by atoms with Gasteiger partial charge in [0.1, 0.15) is 5.01 Å². The first-order valence-corrected chi connectivity index (χ1v) is 7.15. The second kappa shape index (κ2) is 5.41. The maximum atomic E-state index is 11.1. The van der Waals surface area contributed by atoms with Gasteiger partial charge in [0.2, 0.25) is 0 Å². The zero-order valence-corrected chi connectivity index (χ0v) is 12.0. The van der Waals surface area contributed by atoms with E-state index in [-0.39, 0.29) is 10.6 Å². The lowest BCUT2D eigenvalue weighted by Crippen LogP contribution is -1.91. The molecule has 0 unspecified atom stereocenters. The van der Waals surface area contributed by atoms with Crippen molar-refractivity contribution in [1.29, 1.82) is 0 Å². The molecule has 2 heterocycles. The van der Waals surface area contributed by atoms with Gasteiger partial charge in [-0.3, -0.25) is 15.1 Å². The number of hydrogen-bond donors (Lipinski definition) is 0. The van der Waals surface area contributed by atoms with Crippen molar-refractivity contribution in [3.63, 3.8) is 0 Å². The number of hydrogen-bond acceptors (Lipinski definition) is 5. The van der Waals surface area contributed by atoms with Crippen LogP contribution in [-0.2, 0) is 0 Å². The Hall–Kier alpha value is -2.60. The van der Waals surface area contributed by atoms with Crippen molar-refractivity contribution in [2.75, 3.05) is 0 Å². The average Bonchev–Trinajstić information content (AvgIpc) is 2.97. The topological polar surface area (TPSA) is 68.9 Å². The third kappa shape index (κ3) is 2.53. The summed E-state index contributed by atoms with van der Waals surface area (Å²) in [5.74, 6) is 0. The number of nitro groups is 1. The molecule has 0 amide bonds. The molecule has 0 saturated carbocycles. The molecule has 0 N–H and O–H groups in total. The minimum absolute atomic E-state index is 0.0669. The van der Waals surface area contributed by atoms with Crippen molar-refractivity contribution in [2.45, 2.75) is 6.92 Å². The lowest BCUT2D eigenvalue weighted by Gasteiger charge is -2.00. The van der Waals surface area contributed by atoms with E-state index in [0.717, 1.165) is 16.1 Å². The summed E-state index contributed by atoms with van der Waals surface area (Å²) in [4.78, 5) is 19.3. The van der Waals surface area contributed by atoms with E-state index in [1.54, 1.807) is 30.6 Å². The number of pyridine rings is 1. The third-order valence-corrected chi connectivity index (χ3v) is 4.03. The second-order valence-electron chi connectivity index (χ2n) is 4.50. The predicted molar refractivity (Wildman–Crippen MR) is 82.2 cm³/mol. The SMILES string of the molecule is Cc1ccncc1-c1nc(-c2ccccc2[N+](=O)[O-])cs1. The van der Waals surface area contributed by atoms with Crippen LogP contribution in [0, 0.1) is 17.0 Å². The first kappa shape index (κ1) is 13.4. The highest BCUT2D eigenvalue weighted by Gasteiger charge is 2.17. The third-order valence-electron chi connectivity index (χ3n) is 3.15. The molecule has 0 spiro atoms. The Morgan fingerprint density at radius 3 is 2.76 bits per heavy atom. The van der Waals surface area contributed by atoms with Crippen molar-refractivity contribution < 1.29 is 4.92 Å². The summed E-state index contributed by atoms with van der Waals surface area (Å²) in [5.41, 5.74) is 3.25. The highest BCUT2D eigenvalue weighted by molar-refractivity contribution is 7.13. The van der Waals surface area contributed by atoms with Crippen LogP contribution in [0.4, 0.5) is 5.69 Å². The summed E-state index contributed by atoms with van der Waals surface area (Å²) in [6, 6.07) is 8.55. The van der Waals surface area contributed by atoms with Crippen molar-refractivity contribution in [3.8, 4) is 21.8 Å². The second-order valence-corrected chi connectivity index (χ2v) is 5.36. The minimum Gasteiger partial charge on any atom is -0.264 e. The van der Waals surface area contributed by atoms with Crippen LogP contribution in [0.15, 0.2) is 48.1 Å². The number of aromatic nitrogens is 2. The van der Waals surface area contributed by atoms with Crippen LogP contribution in [-0.4, -0.2) is 14.9 Å². The summed E-state index contributed by atoms with van der Waals surface area (Å²) in [5, 5.41) is 13.7. The highest BCUT2D eigenvalue weighted by atomic mass is 32.1. The summed E-state index contributed by atoms with van der Waals surface area (Å²) in [6.07, 6.45) is 3.49. The van der Waals surface area contributed by atoms with Gasteiger partial charge in [0.25, 0.3) is 5.69 Å². The summed E-state index contributed by atoms with van der Waals surface area (Å²) >= 11 is 1.46. The van der Waals surface area contributed by atoms with E-state index < -0.39 is 0 Å². The molecule has 0 radical (unpaired) electrons. The van der Waals surface area contributed by atoms with E-state index in [4.69, 9.17) is 0 Å². The lowest BCUT2D eigenvalue weighted by molar-refractivity contribution is -0.384. The van der Waals surface area contributed by atoms with Gasteiger partial charge in [-0.2, -0.15) is 0 Å². The summed E-state index contributed by atoms with van der Waals surface area (Å²) in [6.45, 7) is 1.99. The molecule has 3 aromatic rings. The zero-order valence-electron chi connectivity index (χ0n) is 11.2. The molecule has 2 aromatic heterocycles. The molecule has 0 bridgehead atoms. The molecule has 3 rings (SSSR count). The van der Waals surface area contributed by atoms with Crippen molar-refractivity contribution in [1.82, 2.24) is 9.97 Å². The van der Waals surface area contributed by atoms with Crippen LogP contribution in [0.2, 0.25) is 0 Å². The number of thiazole rings is 1. The molecular weight excluding hydrogens is 286 g/mol. The van der Waals surface area contributed by atoms with Gasteiger partial charge in [-0.1, -0.05) is 12.1 Å². The van der Waals surface area contributed by atoms with E-state index in [9.17, 15) is 10.1 Å². The molecule has 0 atom stereocenters. The normalized spacial score (nSPS) is 10.5. The van der Waals surface area contributed by atoms with E-state index in [2.05, 4.69) is 9.97 Å². The van der Waals surface area contributed by atoms with Gasteiger partial charge in [-0.25, -0.2) is 4.98 Å². The number of benzene rings is 1. The number of nitro benzene ring substituents is 1. The van der Waals surface area contributed by atoms with Gasteiger partial charge in [-0.05, 0) is 24.6 Å². The highest BCUT2D eigenvalue weighted by Crippen LogP contribution is 2.34. The Morgan fingerprint density at radius 2 is 2.00 bits per heavy atom. The van der Waals surface area contributed by atoms with Crippen LogP contribution in [0.5, 0.6) is 0 Å². The lowest BCUT2D eigenvalue weighted by atomic mass is 10.1. The van der Waals surface area contributed by atoms with Gasteiger partial charge < -0.3 is 0 Å². The number of aryl methyl sites for hydroxylation is 1. The molecule has 0 aliphatic rings. The fourth-order valence-electron chi connectivity index (χ4n) is 2.06. The van der Waals surface area contributed by atoms with Gasteiger partial charge in [0.05, 0.1) is 16.2 Å². The Labute approximate surface area is 125 Å². The summed E-state index contributed by atoms with van der Waals surface area (Å²) in [7, 11) is 0. The first-order chi connectivity index (χ1) is 10.2. The number of para-hydroxylation sites is 1. The average molecular weight is 297 g/mol. The van der Waals surface area contributed by atoms with Crippen LogP contribution in [0.3, 0.4) is 0 Å². The minimum atomic E-state index is -0.385. The Kier molecular flexibility index (Phi) is 3.45. The van der Waals surface area contributed by atoms with Gasteiger partial charge in [0.15, 0.2) is 0 Å². The van der Waals surface area contributed by atoms with Gasteiger partial charge in [0, 0.05) is 29.4 Å². The maximum Gasteiger partial charge on any atom is 0.278 e. The molecule has 104 valence electrons. The largest absolute Gasteiger partial charge is 0.278 e. The first-order valence-electron chi connectivity index (χ1n) is 6.27. The molecule has 5 nitrogen and oxygen atoms in total. The number of rotatable bonds is 3. The molecule has 1 aromatic carbocycles. The van der Waals surface area contributed by atoms with Crippen LogP contribution < -0.4 is 0 Å². The van der Waals surface area contributed by atoms with E-state index >= 15 is 0 Å². The maximum absolute atomic E-state index is 11.1. The standard InChI is InChI=1S/C15H11N3O2S/c1-10-6-7-16-8-12(10)15-17-13(9-21-15)11-4-2-3-5-14(11)18(19)20/h2-9H,1H3. The smallest absolute Gasteiger partial charge is 0.264 e. The zero-order chi connectivity index (χ0) is 14.8. The van der Waals surface area contributed by atoms with Crippen LogP contribution >= 0.6 is 11.3 Å². The fourth-order valence-corrected chi connectivity index (χ4v) is 2.95. The number of nitrogens with zero attached hydrogens (tertiary/aromatic N) is 3. The molecule has 6 heteroatoms. The quantitative estimate of drug-likeness (QED) is 0.539. The fraction of sp³-hybridized carbons (Fsp3) is 0.0667. The van der Waals surface area contributed by atoms with Crippen molar-refractivity contribution in [2.24, 2.45) is 0 Å². The Morgan fingerprint density at radius 1 is 1.19 bits per heavy atom. The molecule has 21 heavy (non-hydrogen) atoms. The van der Waals surface area contributed by atoms with E-state index in [1.807, 2.05) is 18.4 Å². The monoisotopic (exact) mass is 297 g/mol. The van der Waals surface area contributed by atoms with E-state index in [1.165, 1.54) is 17.4 Å². The van der Waals surface area contributed by atoms with Crippen LogP contribution in [0.1, 0.15) is 5.56 Å². The molecule has 0 aliphatic heterocycles. The Balaban J connectivity index is 2.08. The molecule has 0 saturated heterocycles. The van der Waals surface area contributed by atoms with Crippen LogP contribution in [0.25, 0.3) is 21.8 Å².